The average Bonchev–Trinajstić information content (AvgIpc) is 3.10. The van der Waals surface area contributed by atoms with Crippen LogP contribution in [0.4, 0.5) is 0 Å². The van der Waals surface area contributed by atoms with Crippen molar-refractivity contribution in [2.75, 3.05) is 0 Å². The van der Waals surface area contributed by atoms with Crippen LogP contribution in [0.15, 0.2) is 53.8 Å². The lowest BCUT2D eigenvalue weighted by atomic mass is 9.87. The molecule has 2 atom stereocenters. The van der Waals surface area contributed by atoms with Gasteiger partial charge in [-0.05, 0) is 48.6 Å². The number of carbonyl (C=O) groups is 1. The van der Waals surface area contributed by atoms with Crippen LogP contribution in [0.2, 0.25) is 0 Å². The van der Waals surface area contributed by atoms with E-state index < -0.39 is 0 Å². The average molecular weight is 381 g/mol. The Morgan fingerprint density at radius 3 is 2.85 bits per heavy atom. The maximum Gasteiger partial charge on any atom is 0.251 e. The second-order valence-electron chi connectivity index (χ2n) is 7.34. The lowest BCUT2D eigenvalue weighted by molar-refractivity contribution is 0.0921. The molecule has 1 aliphatic rings. The highest BCUT2D eigenvalue weighted by atomic mass is 32.2. The summed E-state index contributed by atoms with van der Waals surface area (Å²) in [6.45, 7) is 2.27. The Labute approximate surface area is 163 Å². The van der Waals surface area contributed by atoms with Gasteiger partial charge in [-0.15, -0.1) is 10.2 Å². The number of rotatable bonds is 5. The van der Waals surface area contributed by atoms with E-state index in [1.54, 1.807) is 11.8 Å². The van der Waals surface area contributed by atoms with Gasteiger partial charge in [0.05, 0.1) is 0 Å². The van der Waals surface area contributed by atoms with E-state index in [2.05, 4.69) is 22.4 Å². The molecule has 2 heterocycles. The third-order valence-corrected chi connectivity index (χ3v) is 6.15. The molecule has 6 heteroatoms. The van der Waals surface area contributed by atoms with Gasteiger partial charge in [0.15, 0.2) is 10.8 Å². The first kappa shape index (κ1) is 18.0. The summed E-state index contributed by atoms with van der Waals surface area (Å²) in [5.41, 5.74) is 2.74. The first-order valence-corrected chi connectivity index (χ1v) is 10.5. The largest absolute Gasteiger partial charge is 0.349 e. The van der Waals surface area contributed by atoms with E-state index in [-0.39, 0.29) is 5.91 Å². The van der Waals surface area contributed by atoms with Crippen molar-refractivity contribution >= 4 is 23.3 Å². The lowest BCUT2D eigenvalue weighted by Crippen LogP contribution is -2.37. The molecular weight excluding hydrogens is 356 g/mol. The van der Waals surface area contributed by atoms with Gasteiger partial charge in [0.1, 0.15) is 0 Å². The highest BCUT2D eigenvalue weighted by Gasteiger charge is 2.20. The zero-order valence-electron chi connectivity index (χ0n) is 15.5. The number of thioether (sulfide) groups is 1. The van der Waals surface area contributed by atoms with E-state index in [0.717, 1.165) is 40.5 Å². The number of nitrogens with one attached hydrogen (secondary N) is 1. The molecule has 1 aliphatic carbocycles. The molecule has 2 unspecified atom stereocenters. The highest BCUT2D eigenvalue weighted by Crippen LogP contribution is 2.24. The van der Waals surface area contributed by atoms with Crippen LogP contribution in [-0.4, -0.2) is 26.5 Å². The van der Waals surface area contributed by atoms with Gasteiger partial charge >= 0.3 is 0 Å². The Balaban J connectivity index is 1.35. The van der Waals surface area contributed by atoms with Crippen molar-refractivity contribution in [2.45, 2.75) is 49.6 Å². The van der Waals surface area contributed by atoms with Gasteiger partial charge in [0, 0.05) is 23.6 Å². The number of hydrogen-bond acceptors (Lipinski definition) is 4. The van der Waals surface area contributed by atoms with Gasteiger partial charge in [-0.1, -0.05) is 49.7 Å². The van der Waals surface area contributed by atoms with E-state index in [1.165, 1.54) is 12.8 Å². The summed E-state index contributed by atoms with van der Waals surface area (Å²) in [5, 5.41) is 12.5. The Kier molecular flexibility index (Phi) is 5.43. The van der Waals surface area contributed by atoms with Crippen molar-refractivity contribution in [3.63, 3.8) is 0 Å². The van der Waals surface area contributed by atoms with Crippen molar-refractivity contribution < 1.29 is 4.79 Å². The molecule has 0 radical (unpaired) electrons. The van der Waals surface area contributed by atoms with Gasteiger partial charge < -0.3 is 5.32 Å². The van der Waals surface area contributed by atoms with Gasteiger partial charge in [-0.25, -0.2) is 0 Å². The van der Waals surface area contributed by atoms with E-state index in [4.69, 9.17) is 0 Å². The molecular formula is C21H24N4OS. The Bertz CT molecular complexity index is 921. The van der Waals surface area contributed by atoms with Crippen LogP contribution in [-0.2, 0) is 5.75 Å². The molecule has 5 nitrogen and oxygen atoms in total. The van der Waals surface area contributed by atoms with Crippen molar-refractivity contribution in [1.82, 2.24) is 19.9 Å². The maximum absolute atomic E-state index is 12.5. The normalized spacial score (nSPS) is 19.9. The lowest BCUT2D eigenvalue weighted by Gasteiger charge is -2.27. The monoisotopic (exact) mass is 380 g/mol. The summed E-state index contributed by atoms with van der Waals surface area (Å²) in [4.78, 5) is 12.5. The molecule has 0 bridgehead atoms. The zero-order chi connectivity index (χ0) is 18.6. The highest BCUT2D eigenvalue weighted by molar-refractivity contribution is 7.98. The fraction of sp³-hybridized carbons (Fsp3) is 0.381. The second-order valence-corrected chi connectivity index (χ2v) is 8.28. The molecule has 1 fully saturated rings. The van der Waals surface area contributed by atoms with Crippen molar-refractivity contribution in [3.05, 3.63) is 59.8 Å². The molecule has 1 N–H and O–H groups in total. The number of aromatic nitrogens is 3. The standard InChI is InChI=1S/C21H24N4OS/c1-15-5-4-6-18(13-15)22-20(26)17-10-8-16(9-11-17)14-27-21-24-23-19-7-2-3-12-25(19)21/h2-3,7-12,15,18H,4-6,13-14H2,1H3,(H,22,26). The quantitative estimate of drug-likeness (QED) is 0.669. The number of carbonyl (C=O) groups excluding carboxylic acids is 1. The van der Waals surface area contributed by atoms with Crippen LogP contribution >= 0.6 is 11.8 Å². The first-order valence-electron chi connectivity index (χ1n) is 9.51. The summed E-state index contributed by atoms with van der Waals surface area (Å²) in [5.74, 6) is 1.53. The van der Waals surface area contributed by atoms with E-state index >= 15 is 0 Å². The zero-order valence-corrected chi connectivity index (χ0v) is 16.3. The number of pyridine rings is 1. The third kappa shape index (κ3) is 4.33. The molecule has 1 aromatic carbocycles. The van der Waals surface area contributed by atoms with Crippen molar-refractivity contribution in [1.29, 1.82) is 0 Å². The Morgan fingerprint density at radius 2 is 2.04 bits per heavy atom. The van der Waals surface area contributed by atoms with Gasteiger partial charge in [-0.2, -0.15) is 0 Å². The fourth-order valence-electron chi connectivity index (χ4n) is 3.65. The van der Waals surface area contributed by atoms with Crippen molar-refractivity contribution in [3.8, 4) is 0 Å². The van der Waals surface area contributed by atoms with Gasteiger partial charge in [0.25, 0.3) is 5.91 Å². The minimum atomic E-state index is 0.0387. The predicted molar refractivity (Wildman–Crippen MR) is 108 cm³/mol. The van der Waals surface area contributed by atoms with E-state index in [1.807, 2.05) is 53.1 Å². The maximum atomic E-state index is 12.5. The topological polar surface area (TPSA) is 59.3 Å². The van der Waals surface area contributed by atoms with Crippen LogP contribution in [0.25, 0.3) is 5.65 Å². The number of nitrogens with zero attached hydrogens (tertiary/aromatic N) is 3. The summed E-state index contributed by atoms with van der Waals surface area (Å²) < 4.78 is 1.98. The number of benzene rings is 1. The summed E-state index contributed by atoms with van der Waals surface area (Å²) in [6.07, 6.45) is 6.64. The molecule has 4 rings (SSSR count). The Morgan fingerprint density at radius 1 is 1.19 bits per heavy atom. The van der Waals surface area contributed by atoms with Gasteiger partial charge in [-0.3, -0.25) is 9.20 Å². The molecule has 0 saturated heterocycles. The minimum absolute atomic E-state index is 0.0387. The van der Waals surface area contributed by atoms with Crippen molar-refractivity contribution in [2.24, 2.45) is 5.92 Å². The number of amides is 1. The first-order chi connectivity index (χ1) is 13.2. The van der Waals surface area contributed by atoms with E-state index in [9.17, 15) is 4.79 Å². The molecule has 2 aromatic heterocycles. The minimum Gasteiger partial charge on any atom is -0.349 e. The smallest absolute Gasteiger partial charge is 0.251 e. The van der Waals surface area contributed by atoms with Crippen LogP contribution in [0.3, 0.4) is 0 Å². The summed E-state index contributed by atoms with van der Waals surface area (Å²) in [7, 11) is 0. The summed E-state index contributed by atoms with van der Waals surface area (Å²) >= 11 is 1.64. The molecule has 3 aromatic rings. The van der Waals surface area contributed by atoms with E-state index in [0.29, 0.717) is 12.0 Å². The molecule has 0 aliphatic heterocycles. The van der Waals surface area contributed by atoms with Crippen LogP contribution in [0.1, 0.15) is 48.5 Å². The third-order valence-electron chi connectivity index (χ3n) is 5.14. The predicted octanol–water partition coefficient (Wildman–Crippen LogP) is 4.33. The van der Waals surface area contributed by atoms with Gasteiger partial charge in [0.2, 0.25) is 0 Å². The SMILES string of the molecule is CC1CCCC(NC(=O)c2ccc(CSc3nnc4ccccn34)cc2)C1. The number of fused-ring (bicyclic) bond motifs is 1. The molecule has 1 saturated carbocycles. The van der Waals surface area contributed by atoms with Crippen LogP contribution in [0, 0.1) is 5.92 Å². The molecule has 1 amide bonds. The molecule has 140 valence electrons. The fourth-order valence-corrected chi connectivity index (χ4v) is 4.53. The second kappa shape index (κ2) is 8.13. The summed E-state index contributed by atoms with van der Waals surface area (Å²) in [6, 6.07) is 14.1. The van der Waals surface area contributed by atoms with Crippen LogP contribution < -0.4 is 5.32 Å². The Hall–Kier alpha value is -2.34. The van der Waals surface area contributed by atoms with Crippen LogP contribution in [0.5, 0.6) is 0 Å². The molecule has 0 spiro atoms. The number of hydrogen-bond donors (Lipinski definition) is 1. The molecule has 27 heavy (non-hydrogen) atoms.